The zero-order chi connectivity index (χ0) is 10.8. The molecule has 0 N–H and O–H groups in total. The SMILES string of the molecule is CCC(Br)Cc1ncnc2c1cnn2C. The Hall–Kier alpha value is -0.970. The maximum Gasteiger partial charge on any atom is 0.161 e. The minimum atomic E-state index is 0.468. The van der Waals surface area contributed by atoms with Gasteiger partial charge in [0.2, 0.25) is 0 Å². The van der Waals surface area contributed by atoms with E-state index >= 15 is 0 Å². The average Bonchev–Trinajstić information content (AvgIpc) is 2.62. The van der Waals surface area contributed by atoms with E-state index in [9.17, 15) is 0 Å². The average molecular weight is 269 g/mol. The molecule has 0 bridgehead atoms. The molecule has 15 heavy (non-hydrogen) atoms. The van der Waals surface area contributed by atoms with Crippen molar-refractivity contribution in [1.29, 1.82) is 0 Å². The molecule has 5 heteroatoms. The van der Waals surface area contributed by atoms with Gasteiger partial charge in [0.1, 0.15) is 6.33 Å². The highest BCUT2D eigenvalue weighted by Crippen LogP contribution is 2.18. The van der Waals surface area contributed by atoms with E-state index in [0.29, 0.717) is 4.83 Å². The van der Waals surface area contributed by atoms with E-state index in [1.165, 1.54) is 0 Å². The lowest BCUT2D eigenvalue weighted by molar-refractivity contribution is 0.782. The fraction of sp³-hybridized carbons (Fsp3) is 0.500. The van der Waals surface area contributed by atoms with Crippen LogP contribution < -0.4 is 0 Å². The first-order valence-corrected chi connectivity index (χ1v) is 5.89. The standard InChI is InChI=1S/C10H13BrN4/c1-3-7(11)4-9-8-5-14-15(2)10(8)13-6-12-9/h5-7H,3-4H2,1-2H3. The summed E-state index contributed by atoms with van der Waals surface area (Å²) in [6.07, 6.45) is 5.45. The van der Waals surface area contributed by atoms with Crippen LogP contribution in [-0.2, 0) is 13.5 Å². The molecule has 4 nitrogen and oxygen atoms in total. The molecule has 2 aromatic heterocycles. The van der Waals surface area contributed by atoms with Crippen molar-refractivity contribution in [2.45, 2.75) is 24.6 Å². The number of hydrogen-bond acceptors (Lipinski definition) is 3. The first kappa shape index (κ1) is 10.5. The highest BCUT2D eigenvalue weighted by atomic mass is 79.9. The summed E-state index contributed by atoms with van der Waals surface area (Å²) >= 11 is 3.62. The molecule has 2 aromatic rings. The quantitative estimate of drug-likeness (QED) is 0.801. The van der Waals surface area contributed by atoms with Gasteiger partial charge in [0, 0.05) is 18.3 Å². The van der Waals surface area contributed by atoms with Gasteiger partial charge in [0.05, 0.1) is 17.3 Å². The highest BCUT2D eigenvalue weighted by Gasteiger charge is 2.10. The summed E-state index contributed by atoms with van der Waals surface area (Å²) in [5.74, 6) is 0. The number of alkyl halides is 1. The zero-order valence-electron chi connectivity index (χ0n) is 8.81. The van der Waals surface area contributed by atoms with E-state index in [1.54, 1.807) is 11.0 Å². The summed E-state index contributed by atoms with van der Waals surface area (Å²) in [5, 5.41) is 5.24. The Kier molecular flexibility index (Phi) is 3.00. The van der Waals surface area contributed by atoms with Crippen molar-refractivity contribution < 1.29 is 0 Å². The second kappa shape index (κ2) is 4.26. The number of fused-ring (bicyclic) bond motifs is 1. The number of aromatic nitrogens is 4. The Bertz CT molecular complexity index is 465. The lowest BCUT2D eigenvalue weighted by Crippen LogP contribution is -2.04. The summed E-state index contributed by atoms with van der Waals surface area (Å²) in [4.78, 5) is 8.99. The van der Waals surface area contributed by atoms with Gasteiger partial charge in [-0.15, -0.1) is 0 Å². The Balaban J connectivity index is 2.43. The van der Waals surface area contributed by atoms with Crippen molar-refractivity contribution in [3.63, 3.8) is 0 Å². The number of aryl methyl sites for hydroxylation is 1. The summed E-state index contributed by atoms with van der Waals surface area (Å²) in [6, 6.07) is 0. The molecule has 0 saturated heterocycles. The van der Waals surface area contributed by atoms with Crippen LogP contribution in [0.15, 0.2) is 12.5 Å². The highest BCUT2D eigenvalue weighted by molar-refractivity contribution is 9.09. The van der Waals surface area contributed by atoms with Crippen LogP contribution in [0.5, 0.6) is 0 Å². The first-order valence-electron chi connectivity index (χ1n) is 4.98. The van der Waals surface area contributed by atoms with Gasteiger partial charge >= 0.3 is 0 Å². The molecule has 2 rings (SSSR count). The summed E-state index contributed by atoms with van der Waals surface area (Å²) < 4.78 is 1.77. The summed E-state index contributed by atoms with van der Waals surface area (Å²) in [7, 11) is 1.89. The summed E-state index contributed by atoms with van der Waals surface area (Å²) in [6.45, 7) is 2.15. The van der Waals surface area contributed by atoms with Gasteiger partial charge in [-0.2, -0.15) is 5.10 Å². The van der Waals surface area contributed by atoms with E-state index < -0.39 is 0 Å². The van der Waals surface area contributed by atoms with Crippen LogP contribution in [0.4, 0.5) is 0 Å². The first-order chi connectivity index (χ1) is 7.22. The van der Waals surface area contributed by atoms with E-state index in [2.05, 4.69) is 37.9 Å². The Labute approximate surface area is 96.9 Å². The maximum atomic E-state index is 4.31. The fourth-order valence-corrected chi connectivity index (χ4v) is 1.83. The minimum Gasteiger partial charge on any atom is -0.250 e. The van der Waals surface area contributed by atoms with Gasteiger partial charge < -0.3 is 0 Å². The molecule has 0 amide bonds. The summed E-state index contributed by atoms with van der Waals surface area (Å²) in [5.41, 5.74) is 1.97. The molecule has 0 spiro atoms. The number of hydrogen-bond donors (Lipinski definition) is 0. The lowest BCUT2D eigenvalue weighted by Gasteiger charge is -2.06. The topological polar surface area (TPSA) is 43.6 Å². The van der Waals surface area contributed by atoms with Gasteiger partial charge in [0.15, 0.2) is 5.65 Å². The molecule has 0 aliphatic carbocycles. The van der Waals surface area contributed by atoms with Crippen LogP contribution in [0.1, 0.15) is 19.0 Å². The van der Waals surface area contributed by atoms with Crippen LogP contribution in [-0.4, -0.2) is 24.6 Å². The molecular formula is C10H13BrN4. The number of nitrogens with zero attached hydrogens (tertiary/aromatic N) is 4. The predicted molar refractivity (Wildman–Crippen MR) is 63.0 cm³/mol. The minimum absolute atomic E-state index is 0.468. The smallest absolute Gasteiger partial charge is 0.161 e. The monoisotopic (exact) mass is 268 g/mol. The lowest BCUT2D eigenvalue weighted by atomic mass is 10.1. The third-order valence-electron chi connectivity index (χ3n) is 2.47. The molecule has 2 heterocycles. The van der Waals surface area contributed by atoms with Crippen LogP contribution in [0.2, 0.25) is 0 Å². The van der Waals surface area contributed by atoms with Crippen molar-refractivity contribution in [2.24, 2.45) is 7.05 Å². The van der Waals surface area contributed by atoms with Gasteiger partial charge in [0.25, 0.3) is 0 Å². The number of halogens is 1. The molecule has 1 atom stereocenters. The largest absolute Gasteiger partial charge is 0.250 e. The normalized spacial score (nSPS) is 13.3. The maximum absolute atomic E-state index is 4.31. The predicted octanol–water partition coefficient (Wildman–Crippen LogP) is 2.08. The van der Waals surface area contributed by atoms with Crippen molar-refractivity contribution >= 4 is 27.0 Å². The molecule has 0 radical (unpaired) electrons. The molecule has 0 aliphatic rings. The van der Waals surface area contributed by atoms with Crippen LogP contribution >= 0.6 is 15.9 Å². The Morgan fingerprint density at radius 3 is 3.00 bits per heavy atom. The molecule has 0 saturated carbocycles. The van der Waals surface area contributed by atoms with E-state index in [4.69, 9.17) is 0 Å². The van der Waals surface area contributed by atoms with Crippen LogP contribution in [0.3, 0.4) is 0 Å². The Morgan fingerprint density at radius 1 is 1.47 bits per heavy atom. The molecule has 0 aromatic carbocycles. The van der Waals surface area contributed by atoms with Crippen molar-refractivity contribution in [1.82, 2.24) is 19.7 Å². The van der Waals surface area contributed by atoms with E-state index in [1.807, 2.05) is 13.2 Å². The van der Waals surface area contributed by atoms with Crippen LogP contribution in [0, 0.1) is 0 Å². The number of rotatable bonds is 3. The molecule has 1 unspecified atom stereocenters. The van der Waals surface area contributed by atoms with Crippen molar-refractivity contribution in [2.75, 3.05) is 0 Å². The van der Waals surface area contributed by atoms with Crippen molar-refractivity contribution in [3.05, 3.63) is 18.2 Å². The Morgan fingerprint density at radius 2 is 2.27 bits per heavy atom. The molecular weight excluding hydrogens is 256 g/mol. The third kappa shape index (κ3) is 2.02. The van der Waals surface area contributed by atoms with Crippen LogP contribution in [0.25, 0.3) is 11.0 Å². The molecule has 0 aliphatic heterocycles. The second-order valence-electron chi connectivity index (χ2n) is 3.54. The van der Waals surface area contributed by atoms with Gasteiger partial charge in [-0.1, -0.05) is 22.9 Å². The van der Waals surface area contributed by atoms with Gasteiger partial charge in [-0.3, -0.25) is 4.68 Å². The van der Waals surface area contributed by atoms with Crippen molar-refractivity contribution in [3.8, 4) is 0 Å². The van der Waals surface area contributed by atoms with E-state index in [0.717, 1.165) is 29.6 Å². The third-order valence-corrected chi connectivity index (χ3v) is 3.44. The van der Waals surface area contributed by atoms with Gasteiger partial charge in [-0.05, 0) is 6.42 Å². The molecule has 0 fully saturated rings. The second-order valence-corrected chi connectivity index (χ2v) is 4.83. The van der Waals surface area contributed by atoms with Gasteiger partial charge in [-0.25, -0.2) is 9.97 Å². The van der Waals surface area contributed by atoms with E-state index in [-0.39, 0.29) is 0 Å². The molecule has 80 valence electrons. The zero-order valence-corrected chi connectivity index (χ0v) is 10.4. The fourth-order valence-electron chi connectivity index (χ4n) is 1.53.